The zero-order valence-corrected chi connectivity index (χ0v) is 22.8. The average molecular weight is 492 g/mol. The lowest BCUT2D eigenvalue weighted by Crippen LogP contribution is -2.42. The minimum Gasteiger partial charge on any atom is -0.494 e. The van der Waals surface area contributed by atoms with E-state index in [0.717, 1.165) is 65.8 Å². The van der Waals surface area contributed by atoms with E-state index in [0.29, 0.717) is 17.9 Å². The summed E-state index contributed by atoms with van der Waals surface area (Å²) in [4.78, 5) is 20.3. The number of carbonyl (C=O) groups excluding carboxylic acids is 1. The predicted octanol–water partition coefficient (Wildman–Crippen LogP) is 6.49. The maximum Gasteiger partial charge on any atom is 0.254 e. The van der Waals surface area contributed by atoms with Crippen molar-refractivity contribution >= 4 is 22.5 Å². The molecule has 1 aliphatic heterocycles. The number of hydrogen-bond donors (Lipinski definition) is 0. The van der Waals surface area contributed by atoms with Crippen LogP contribution >= 0.6 is 0 Å². The summed E-state index contributed by atoms with van der Waals surface area (Å²) in [5, 5.41) is 0. The van der Waals surface area contributed by atoms with Crippen molar-refractivity contribution in [2.24, 2.45) is 7.05 Å². The van der Waals surface area contributed by atoms with Crippen molar-refractivity contribution in [2.75, 3.05) is 27.4 Å². The minimum absolute atomic E-state index is 0.0470. The van der Waals surface area contributed by atoms with Crippen molar-refractivity contribution < 1.29 is 14.3 Å². The molecule has 2 aromatic rings. The molecule has 0 radical (unpaired) electrons. The molecule has 6 nitrogen and oxygen atoms in total. The van der Waals surface area contributed by atoms with Crippen molar-refractivity contribution in [2.45, 2.75) is 58.9 Å². The standard InChI is InChI=1S/C30H41N3O3/c1-8-9-15-24(21(2)13-12-17-35-6)18-22(3)29-31-26-19-25(20-27(36-7)28(26)32(29)5)30(34)33-16-11-10-14-23(33)4/h8-9,15,18-20,23H,2,10-14,16-17H2,1,3-7H3/b9-8-,22-18+,24-15-/t23-/m1/s1. The summed E-state index contributed by atoms with van der Waals surface area (Å²) >= 11 is 0. The molecule has 0 spiro atoms. The summed E-state index contributed by atoms with van der Waals surface area (Å²) in [5.41, 5.74) is 5.39. The molecule has 1 amide bonds. The maximum atomic E-state index is 13.4. The van der Waals surface area contributed by atoms with Crippen LogP contribution < -0.4 is 4.74 Å². The highest BCUT2D eigenvalue weighted by Crippen LogP contribution is 2.32. The molecule has 1 aromatic carbocycles. The Balaban J connectivity index is 2.00. The van der Waals surface area contributed by atoms with Crippen molar-refractivity contribution in [1.29, 1.82) is 0 Å². The number of ether oxygens (including phenoxy) is 2. The molecule has 0 N–H and O–H groups in total. The number of rotatable bonds is 10. The monoisotopic (exact) mass is 491 g/mol. The van der Waals surface area contributed by atoms with Crippen LogP contribution in [0.3, 0.4) is 0 Å². The molecule has 1 aliphatic rings. The molecular weight excluding hydrogens is 450 g/mol. The third-order valence-corrected chi connectivity index (χ3v) is 6.89. The highest BCUT2D eigenvalue weighted by atomic mass is 16.5. The Bertz CT molecular complexity index is 1190. The van der Waals surface area contributed by atoms with Crippen LogP contribution in [0.4, 0.5) is 0 Å². The Morgan fingerprint density at radius 1 is 1.28 bits per heavy atom. The predicted molar refractivity (Wildman–Crippen MR) is 148 cm³/mol. The fourth-order valence-electron chi connectivity index (χ4n) is 4.85. The van der Waals surface area contributed by atoms with Gasteiger partial charge in [-0.15, -0.1) is 0 Å². The SMILES string of the molecule is C=C(CCCOC)C(=C\C=C/C)/C=C(\C)c1nc2cc(C(=O)N3CCCC[C@H]3C)cc(OC)c2n1C. The minimum atomic E-state index is 0.0470. The van der Waals surface area contributed by atoms with Crippen LogP contribution in [0, 0.1) is 0 Å². The van der Waals surface area contributed by atoms with Crippen LogP contribution in [-0.4, -0.2) is 53.8 Å². The van der Waals surface area contributed by atoms with E-state index in [9.17, 15) is 4.79 Å². The molecule has 194 valence electrons. The summed E-state index contributed by atoms with van der Waals surface area (Å²) < 4.78 is 13.0. The van der Waals surface area contributed by atoms with E-state index in [4.69, 9.17) is 14.5 Å². The van der Waals surface area contributed by atoms with Gasteiger partial charge < -0.3 is 18.9 Å². The van der Waals surface area contributed by atoms with E-state index in [1.807, 2.05) is 47.7 Å². The fraction of sp³-hybridized carbons (Fsp3) is 0.467. The second kappa shape index (κ2) is 12.7. The second-order valence-corrected chi connectivity index (χ2v) is 9.56. The molecule has 1 saturated heterocycles. The first-order valence-corrected chi connectivity index (χ1v) is 12.9. The Morgan fingerprint density at radius 3 is 2.72 bits per heavy atom. The molecule has 0 aliphatic carbocycles. The molecule has 1 atom stereocenters. The number of allylic oxidation sites excluding steroid dienone is 7. The molecule has 3 rings (SSSR count). The van der Waals surface area contributed by atoms with Crippen molar-refractivity contribution in [3.05, 3.63) is 65.5 Å². The van der Waals surface area contributed by atoms with Crippen LogP contribution in [-0.2, 0) is 11.8 Å². The maximum absolute atomic E-state index is 13.4. The van der Waals surface area contributed by atoms with Crippen molar-refractivity contribution in [3.8, 4) is 5.75 Å². The van der Waals surface area contributed by atoms with Gasteiger partial charge in [-0.3, -0.25) is 4.79 Å². The van der Waals surface area contributed by atoms with E-state index in [-0.39, 0.29) is 11.9 Å². The topological polar surface area (TPSA) is 56.6 Å². The van der Waals surface area contributed by atoms with Gasteiger partial charge in [-0.25, -0.2) is 4.98 Å². The van der Waals surface area contributed by atoms with Crippen molar-refractivity contribution in [1.82, 2.24) is 14.5 Å². The number of likely N-dealkylation sites (tertiary alicyclic amines) is 1. The Labute approximate surface area is 216 Å². The zero-order chi connectivity index (χ0) is 26.2. The van der Waals surface area contributed by atoms with E-state index >= 15 is 0 Å². The normalized spacial score (nSPS) is 17.3. The van der Waals surface area contributed by atoms with Crippen LogP contribution in [0.5, 0.6) is 5.75 Å². The number of nitrogens with zero attached hydrogens (tertiary/aromatic N) is 3. The number of piperidine rings is 1. The molecule has 36 heavy (non-hydrogen) atoms. The quantitative estimate of drug-likeness (QED) is 0.282. The largest absolute Gasteiger partial charge is 0.494 e. The van der Waals surface area contributed by atoms with E-state index < -0.39 is 0 Å². The third kappa shape index (κ3) is 6.16. The van der Waals surface area contributed by atoms with Gasteiger partial charge in [-0.05, 0) is 87.8 Å². The van der Waals surface area contributed by atoms with E-state index in [1.165, 1.54) is 6.42 Å². The van der Waals surface area contributed by atoms with Gasteiger partial charge in [0.1, 0.15) is 17.1 Å². The Morgan fingerprint density at radius 2 is 2.06 bits per heavy atom. The first kappa shape index (κ1) is 27.5. The molecule has 6 heteroatoms. The number of benzene rings is 1. The van der Waals surface area contributed by atoms with Gasteiger partial charge in [0.15, 0.2) is 0 Å². The molecule has 0 bridgehead atoms. The number of hydrogen-bond acceptors (Lipinski definition) is 4. The Hall–Kier alpha value is -3.12. The van der Waals surface area contributed by atoms with Crippen LogP contribution in [0.15, 0.2) is 54.2 Å². The lowest BCUT2D eigenvalue weighted by molar-refractivity contribution is 0.0635. The summed E-state index contributed by atoms with van der Waals surface area (Å²) in [6, 6.07) is 4.00. The summed E-state index contributed by atoms with van der Waals surface area (Å²) in [6.07, 6.45) is 13.3. The number of fused-ring (bicyclic) bond motifs is 1. The van der Waals surface area contributed by atoms with Gasteiger partial charge in [0.05, 0.1) is 12.6 Å². The van der Waals surface area contributed by atoms with Crippen LogP contribution in [0.1, 0.15) is 69.1 Å². The number of imidazole rings is 1. The van der Waals surface area contributed by atoms with Gasteiger partial charge in [0, 0.05) is 38.9 Å². The van der Waals surface area contributed by atoms with E-state index in [2.05, 4.69) is 32.6 Å². The first-order chi connectivity index (χ1) is 17.3. The number of carbonyl (C=O) groups is 1. The first-order valence-electron chi connectivity index (χ1n) is 12.9. The van der Waals surface area contributed by atoms with E-state index in [1.54, 1.807) is 14.2 Å². The van der Waals surface area contributed by atoms with Gasteiger partial charge >= 0.3 is 0 Å². The lowest BCUT2D eigenvalue weighted by Gasteiger charge is -2.33. The van der Waals surface area contributed by atoms with Gasteiger partial charge in [0.25, 0.3) is 5.91 Å². The molecular formula is C30H41N3O3. The highest BCUT2D eigenvalue weighted by Gasteiger charge is 2.26. The molecule has 1 fully saturated rings. The summed E-state index contributed by atoms with van der Waals surface area (Å²) in [5.74, 6) is 1.53. The average Bonchev–Trinajstić information content (AvgIpc) is 3.22. The van der Waals surface area contributed by atoms with Crippen LogP contribution in [0.2, 0.25) is 0 Å². The lowest BCUT2D eigenvalue weighted by atomic mass is 10.00. The number of amides is 1. The number of aromatic nitrogens is 2. The van der Waals surface area contributed by atoms with Crippen molar-refractivity contribution in [3.63, 3.8) is 0 Å². The summed E-state index contributed by atoms with van der Waals surface area (Å²) in [6.45, 7) is 12.0. The second-order valence-electron chi connectivity index (χ2n) is 9.56. The fourth-order valence-corrected chi connectivity index (χ4v) is 4.85. The highest BCUT2D eigenvalue weighted by molar-refractivity contribution is 6.00. The zero-order valence-electron chi connectivity index (χ0n) is 22.8. The Kier molecular flexibility index (Phi) is 9.71. The molecule has 0 saturated carbocycles. The van der Waals surface area contributed by atoms with Gasteiger partial charge in [-0.2, -0.15) is 0 Å². The molecule has 0 unspecified atom stereocenters. The third-order valence-electron chi connectivity index (χ3n) is 6.89. The van der Waals surface area contributed by atoms with Gasteiger partial charge in [-0.1, -0.05) is 24.8 Å². The smallest absolute Gasteiger partial charge is 0.254 e. The van der Waals surface area contributed by atoms with Crippen LogP contribution in [0.25, 0.3) is 16.6 Å². The van der Waals surface area contributed by atoms with Gasteiger partial charge in [0.2, 0.25) is 0 Å². The number of methoxy groups -OCH3 is 2. The molecule has 2 heterocycles. The number of aryl methyl sites for hydroxylation is 1. The molecule has 1 aromatic heterocycles. The summed E-state index contributed by atoms with van der Waals surface area (Å²) in [7, 11) is 5.35.